The summed E-state index contributed by atoms with van der Waals surface area (Å²) in [6.45, 7) is 0. The zero-order chi connectivity index (χ0) is 13.4. The molecule has 1 unspecified atom stereocenters. The molecule has 19 heavy (non-hydrogen) atoms. The van der Waals surface area contributed by atoms with Crippen molar-refractivity contribution in [3.63, 3.8) is 0 Å². The number of fused-ring (bicyclic) bond motifs is 1. The average Bonchev–Trinajstić information content (AvgIpc) is 2.42. The Labute approximate surface area is 109 Å². The van der Waals surface area contributed by atoms with Crippen LogP contribution in [0.25, 0.3) is 0 Å². The van der Waals surface area contributed by atoms with Gasteiger partial charge in [0.2, 0.25) is 0 Å². The molecule has 2 N–H and O–H groups in total. The van der Waals surface area contributed by atoms with Crippen LogP contribution in [0.5, 0.6) is 11.5 Å². The van der Waals surface area contributed by atoms with Crippen molar-refractivity contribution in [2.75, 3.05) is 0 Å². The molecular weight excluding hydrogens is 247 g/mol. The summed E-state index contributed by atoms with van der Waals surface area (Å²) in [7, 11) is 0. The van der Waals surface area contributed by atoms with E-state index in [0.717, 1.165) is 5.56 Å². The molecule has 98 valence electrons. The molecule has 0 spiro atoms. The first-order valence-electron chi connectivity index (χ1n) is 6.07. The molecule has 2 aromatic rings. The van der Waals surface area contributed by atoms with Crippen LogP contribution in [0.1, 0.15) is 29.8 Å². The minimum absolute atomic E-state index is 0.362. The highest BCUT2D eigenvalue weighted by Crippen LogP contribution is 2.40. The van der Waals surface area contributed by atoms with Crippen LogP contribution in [-0.4, -0.2) is 10.2 Å². The zero-order valence-electron chi connectivity index (χ0n) is 10.1. The molecule has 0 bridgehead atoms. The SMILES string of the molecule is Oc1ccc(C2C[C@@H](O)c3ccccc3O2)cc1F. The molecule has 1 heterocycles. The molecule has 0 saturated carbocycles. The second kappa shape index (κ2) is 4.55. The van der Waals surface area contributed by atoms with Crippen LogP contribution in [0.15, 0.2) is 42.5 Å². The third kappa shape index (κ3) is 2.15. The van der Waals surface area contributed by atoms with Gasteiger partial charge in [0.1, 0.15) is 11.9 Å². The quantitative estimate of drug-likeness (QED) is 0.828. The molecule has 1 aliphatic rings. The molecule has 3 nitrogen and oxygen atoms in total. The first-order chi connectivity index (χ1) is 9.15. The van der Waals surface area contributed by atoms with Crippen molar-refractivity contribution in [1.82, 2.24) is 0 Å². The van der Waals surface area contributed by atoms with E-state index in [-0.39, 0.29) is 5.75 Å². The van der Waals surface area contributed by atoms with Gasteiger partial charge >= 0.3 is 0 Å². The van der Waals surface area contributed by atoms with E-state index >= 15 is 0 Å². The molecule has 1 aliphatic heterocycles. The summed E-state index contributed by atoms with van der Waals surface area (Å²) in [4.78, 5) is 0. The standard InChI is InChI=1S/C15H13FO3/c16-11-7-9(5-6-12(11)17)15-8-13(18)10-3-1-2-4-14(10)19-15/h1-7,13,15,17-18H,8H2/t13-,15?/m1/s1. The third-order valence-corrected chi connectivity index (χ3v) is 3.33. The van der Waals surface area contributed by atoms with Gasteiger partial charge in [0, 0.05) is 12.0 Å². The predicted molar refractivity (Wildman–Crippen MR) is 67.5 cm³/mol. The lowest BCUT2D eigenvalue weighted by molar-refractivity contribution is 0.0656. The van der Waals surface area contributed by atoms with E-state index < -0.39 is 18.0 Å². The number of phenolic OH excluding ortho intramolecular Hbond substituents is 1. The Balaban J connectivity index is 1.94. The van der Waals surface area contributed by atoms with Crippen molar-refractivity contribution in [3.8, 4) is 11.5 Å². The van der Waals surface area contributed by atoms with Crippen LogP contribution >= 0.6 is 0 Å². The number of aliphatic hydroxyl groups is 1. The van der Waals surface area contributed by atoms with Crippen molar-refractivity contribution in [2.45, 2.75) is 18.6 Å². The van der Waals surface area contributed by atoms with Gasteiger partial charge in [-0.1, -0.05) is 24.3 Å². The van der Waals surface area contributed by atoms with Gasteiger partial charge in [0.15, 0.2) is 11.6 Å². The average molecular weight is 260 g/mol. The van der Waals surface area contributed by atoms with Crippen LogP contribution in [0.4, 0.5) is 4.39 Å². The number of hydrogen-bond acceptors (Lipinski definition) is 3. The second-order valence-corrected chi connectivity index (χ2v) is 4.61. The summed E-state index contributed by atoms with van der Waals surface area (Å²) in [5.41, 5.74) is 1.35. The summed E-state index contributed by atoms with van der Waals surface area (Å²) in [6.07, 6.45) is -0.687. The van der Waals surface area contributed by atoms with E-state index in [2.05, 4.69) is 0 Å². The van der Waals surface area contributed by atoms with Gasteiger partial charge in [-0.3, -0.25) is 0 Å². The Kier molecular flexibility index (Phi) is 2.87. The number of benzene rings is 2. The molecule has 4 heteroatoms. The Bertz CT molecular complexity index is 612. The molecule has 0 aromatic heterocycles. The Morgan fingerprint density at radius 1 is 1.16 bits per heavy atom. The maximum Gasteiger partial charge on any atom is 0.165 e. The van der Waals surface area contributed by atoms with Crippen LogP contribution in [0.3, 0.4) is 0 Å². The topological polar surface area (TPSA) is 49.7 Å². The van der Waals surface area contributed by atoms with Gasteiger partial charge in [0.25, 0.3) is 0 Å². The van der Waals surface area contributed by atoms with Gasteiger partial charge in [-0.2, -0.15) is 0 Å². The first kappa shape index (κ1) is 12.0. The smallest absolute Gasteiger partial charge is 0.165 e. The fourth-order valence-corrected chi connectivity index (χ4v) is 2.32. The Morgan fingerprint density at radius 3 is 2.74 bits per heavy atom. The molecular formula is C15H13FO3. The second-order valence-electron chi connectivity index (χ2n) is 4.61. The number of aliphatic hydroxyl groups excluding tert-OH is 1. The maximum atomic E-state index is 13.4. The molecule has 0 fully saturated rings. The molecule has 3 rings (SSSR count). The summed E-state index contributed by atoms with van der Waals surface area (Å²) in [5, 5.41) is 19.3. The van der Waals surface area contributed by atoms with Crippen molar-refractivity contribution in [1.29, 1.82) is 0 Å². The lowest BCUT2D eigenvalue weighted by Gasteiger charge is -2.29. The number of halogens is 1. The van der Waals surface area contributed by atoms with E-state index in [1.807, 2.05) is 18.2 Å². The molecule has 0 amide bonds. The van der Waals surface area contributed by atoms with E-state index in [0.29, 0.717) is 17.7 Å². The van der Waals surface area contributed by atoms with E-state index in [9.17, 15) is 14.6 Å². The highest BCUT2D eigenvalue weighted by atomic mass is 19.1. The van der Waals surface area contributed by atoms with Crippen molar-refractivity contribution < 1.29 is 19.3 Å². The van der Waals surface area contributed by atoms with E-state index in [1.54, 1.807) is 12.1 Å². The molecule has 0 aliphatic carbocycles. The predicted octanol–water partition coefficient (Wildman–Crippen LogP) is 3.09. The summed E-state index contributed by atoms with van der Waals surface area (Å²) in [5.74, 6) is -0.463. The lowest BCUT2D eigenvalue weighted by Crippen LogP contribution is -2.19. The summed E-state index contributed by atoms with van der Waals surface area (Å²) < 4.78 is 19.1. The van der Waals surface area contributed by atoms with E-state index in [4.69, 9.17) is 4.74 Å². The van der Waals surface area contributed by atoms with Crippen molar-refractivity contribution in [2.24, 2.45) is 0 Å². The Hall–Kier alpha value is -2.07. The summed E-state index contributed by atoms with van der Waals surface area (Å²) in [6, 6.07) is 11.4. The maximum absolute atomic E-state index is 13.4. The molecule has 0 radical (unpaired) electrons. The molecule has 2 aromatic carbocycles. The monoisotopic (exact) mass is 260 g/mol. The largest absolute Gasteiger partial charge is 0.505 e. The normalized spacial score (nSPS) is 21.6. The zero-order valence-corrected chi connectivity index (χ0v) is 10.1. The summed E-state index contributed by atoms with van der Waals surface area (Å²) >= 11 is 0. The van der Waals surface area contributed by atoms with Crippen LogP contribution < -0.4 is 4.74 Å². The van der Waals surface area contributed by atoms with Gasteiger partial charge in [-0.25, -0.2) is 4.39 Å². The minimum atomic E-state index is -0.686. The van der Waals surface area contributed by atoms with Gasteiger partial charge in [-0.05, 0) is 23.8 Å². The number of phenols is 1. The number of ether oxygens (including phenoxy) is 1. The van der Waals surface area contributed by atoms with Gasteiger partial charge in [0.05, 0.1) is 6.10 Å². The molecule has 2 atom stereocenters. The lowest BCUT2D eigenvalue weighted by atomic mass is 9.95. The number of hydrogen-bond donors (Lipinski definition) is 2. The van der Waals surface area contributed by atoms with Crippen molar-refractivity contribution in [3.05, 3.63) is 59.4 Å². The fourth-order valence-electron chi connectivity index (χ4n) is 2.32. The van der Waals surface area contributed by atoms with Crippen LogP contribution in [0.2, 0.25) is 0 Å². The number of aromatic hydroxyl groups is 1. The van der Waals surface area contributed by atoms with E-state index in [1.165, 1.54) is 12.1 Å². The third-order valence-electron chi connectivity index (χ3n) is 3.33. The number of para-hydroxylation sites is 1. The number of rotatable bonds is 1. The minimum Gasteiger partial charge on any atom is -0.505 e. The van der Waals surface area contributed by atoms with Crippen LogP contribution in [-0.2, 0) is 0 Å². The Morgan fingerprint density at radius 2 is 1.95 bits per heavy atom. The van der Waals surface area contributed by atoms with Crippen LogP contribution in [0, 0.1) is 5.82 Å². The molecule has 0 saturated heterocycles. The highest BCUT2D eigenvalue weighted by Gasteiger charge is 2.28. The van der Waals surface area contributed by atoms with Gasteiger partial charge in [-0.15, -0.1) is 0 Å². The van der Waals surface area contributed by atoms with Crippen molar-refractivity contribution >= 4 is 0 Å². The van der Waals surface area contributed by atoms with Gasteiger partial charge < -0.3 is 14.9 Å². The highest BCUT2D eigenvalue weighted by molar-refractivity contribution is 5.39. The first-order valence-corrected chi connectivity index (χ1v) is 6.07. The fraction of sp³-hybridized carbons (Fsp3) is 0.200.